The van der Waals surface area contributed by atoms with Crippen LogP contribution in [0.4, 0.5) is 4.79 Å². The maximum atomic E-state index is 11.0. The fraction of sp³-hybridized carbons (Fsp3) is 0.273. The molecule has 0 aliphatic rings. The number of ether oxygens (including phenoxy) is 1. The monoisotopic (exact) mass is 240 g/mol. The number of hydrazone groups is 1. The number of rotatable bonds is 3. The van der Waals surface area contributed by atoms with Gasteiger partial charge in [-0.25, -0.2) is 10.2 Å². The summed E-state index contributed by atoms with van der Waals surface area (Å²) in [5.41, 5.74) is 3.68. The van der Waals surface area contributed by atoms with Gasteiger partial charge in [0.25, 0.3) is 0 Å². The number of carbonyl (C=O) groups is 1. The second kappa shape index (κ2) is 6.12. The summed E-state index contributed by atoms with van der Waals surface area (Å²) in [6.45, 7) is 3.80. The van der Waals surface area contributed by atoms with E-state index >= 15 is 0 Å². The summed E-state index contributed by atoms with van der Waals surface area (Å²) in [5.74, 6) is 0. The van der Waals surface area contributed by atoms with Crippen LogP contribution >= 0.6 is 11.6 Å². The number of hydrogen-bond acceptors (Lipinski definition) is 3. The predicted octanol–water partition coefficient (Wildman–Crippen LogP) is 2.81. The molecule has 4 nitrogen and oxygen atoms in total. The third-order valence-corrected chi connectivity index (χ3v) is 2.18. The van der Waals surface area contributed by atoms with E-state index in [4.69, 9.17) is 11.6 Å². The Hall–Kier alpha value is -1.55. The molecule has 0 spiro atoms. The van der Waals surface area contributed by atoms with E-state index in [9.17, 15) is 4.79 Å². The Morgan fingerprint density at radius 1 is 1.50 bits per heavy atom. The molecule has 86 valence electrons. The minimum Gasteiger partial charge on any atom is -0.449 e. The van der Waals surface area contributed by atoms with E-state index in [0.29, 0.717) is 17.3 Å². The van der Waals surface area contributed by atoms with Crippen molar-refractivity contribution in [3.63, 3.8) is 0 Å². The molecule has 1 rings (SSSR count). The number of halogens is 1. The van der Waals surface area contributed by atoms with Gasteiger partial charge in [-0.3, -0.25) is 0 Å². The molecule has 0 saturated heterocycles. The third kappa shape index (κ3) is 3.55. The Labute approximate surface area is 99.2 Å². The van der Waals surface area contributed by atoms with Crippen molar-refractivity contribution < 1.29 is 9.53 Å². The lowest BCUT2D eigenvalue weighted by atomic mass is 10.1. The molecule has 0 unspecified atom stereocenters. The second-order valence-corrected chi connectivity index (χ2v) is 3.42. The fourth-order valence-corrected chi connectivity index (χ4v) is 1.38. The molecule has 5 heteroatoms. The standard InChI is InChI=1S/C11H13ClN2O2/c1-3-16-11(15)14-13-8(2)9-6-4-5-7-10(9)12/h4-7H,3H2,1-2H3,(H,14,15)/b13-8-. The third-order valence-electron chi connectivity index (χ3n) is 1.85. The predicted molar refractivity (Wildman–Crippen MR) is 63.8 cm³/mol. The van der Waals surface area contributed by atoms with Crippen LogP contribution in [0.2, 0.25) is 5.02 Å². The van der Waals surface area contributed by atoms with Crippen LogP contribution in [-0.4, -0.2) is 18.4 Å². The van der Waals surface area contributed by atoms with Gasteiger partial charge < -0.3 is 4.74 Å². The van der Waals surface area contributed by atoms with Crippen molar-refractivity contribution in [3.05, 3.63) is 34.9 Å². The number of carbonyl (C=O) groups excluding carboxylic acids is 1. The van der Waals surface area contributed by atoms with Gasteiger partial charge >= 0.3 is 6.09 Å². The maximum absolute atomic E-state index is 11.0. The van der Waals surface area contributed by atoms with Crippen molar-refractivity contribution in [1.29, 1.82) is 0 Å². The molecule has 0 bridgehead atoms. The molecule has 0 saturated carbocycles. The average Bonchev–Trinajstić information content (AvgIpc) is 2.27. The van der Waals surface area contributed by atoms with Crippen molar-refractivity contribution in [1.82, 2.24) is 5.43 Å². The van der Waals surface area contributed by atoms with E-state index in [1.165, 1.54) is 0 Å². The van der Waals surface area contributed by atoms with Gasteiger partial charge in [0.2, 0.25) is 0 Å². The average molecular weight is 241 g/mol. The summed E-state index contributed by atoms with van der Waals surface area (Å²) >= 11 is 5.97. The Bertz CT molecular complexity index is 405. The minimum atomic E-state index is -0.575. The first-order valence-electron chi connectivity index (χ1n) is 4.87. The van der Waals surface area contributed by atoms with Crippen LogP contribution < -0.4 is 5.43 Å². The van der Waals surface area contributed by atoms with E-state index in [1.807, 2.05) is 18.2 Å². The minimum absolute atomic E-state index is 0.312. The van der Waals surface area contributed by atoms with E-state index < -0.39 is 6.09 Å². The highest BCUT2D eigenvalue weighted by Gasteiger charge is 2.03. The van der Waals surface area contributed by atoms with Gasteiger partial charge in [-0.2, -0.15) is 5.10 Å². The topological polar surface area (TPSA) is 50.7 Å². The van der Waals surface area contributed by atoms with Crippen molar-refractivity contribution in [2.75, 3.05) is 6.61 Å². The van der Waals surface area contributed by atoms with Crippen LogP contribution in [0.25, 0.3) is 0 Å². The molecule has 1 aromatic carbocycles. The van der Waals surface area contributed by atoms with Gasteiger partial charge in [-0.1, -0.05) is 29.8 Å². The molecule has 1 N–H and O–H groups in total. The lowest BCUT2D eigenvalue weighted by Gasteiger charge is -2.04. The normalized spacial score (nSPS) is 11.1. The number of benzene rings is 1. The van der Waals surface area contributed by atoms with Gasteiger partial charge in [0.1, 0.15) is 0 Å². The van der Waals surface area contributed by atoms with Crippen LogP contribution in [0.5, 0.6) is 0 Å². The molecule has 0 radical (unpaired) electrons. The van der Waals surface area contributed by atoms with Crippen molar-refractivity contribution >= 4 is 23.4 Å². The van der Waals surface area contributed by atoms with Crippen LogP contribution in [-0.2, 0) is 4.74 Å². The Morgan fingerprint density at radius 3 is 2.81 bits per heavy atom. The largest absolute Gasteiger partial charge is 0.449 e. The zero-order valence-electron chi connectivity index (χ0n) is 9.16. The van der Waals surface area contributed by atoms with Crippen LogP contribution in [0.3, 0.4) is 0 Å². The van der Waals surface area contributed by atoms with E-state index in [1.54, 1.807) is 19.9 Å². The summed E-state index contributed by atoms with van der Waals surface area (Å²) in [5, 5.41) is 4.47. The summed E-state index contributed by atoms with van der Waals surface area (Å²) in [6, 6.07) is 7.27. The molecule has 0 aromatic heterocycles. The van der Waals surface area contributed by atoms with E-state index in [2.05, 4.69) is 15.3 Å². The number of amides is 1. The lowest BCUT2D eigenvalue weighted by Crippen LogP contribution is -2.20. The first kappa shape index (κ1) is 12.5. The van der Waals surface area contributed by atoms with E-state index in [-0.39, 0.29) is 0 Å². The highest BCUT2D eigenvalue weighted by atomic mass is 35.5. The Balaban J connectivity index is 2.71. The van der Waals surface area contributed by atoms with Gasteiger partial charge in [0.15, 0.2) is 0 Å². The molecule has 0 fully saturated rings. The van der Waals surface area contributed by atoms with Crippen molar-refractivity contribution in [2.45, 2.75) is 13.8 Å². The summed E-state index contributed by atoms with van der Waals surface area (Å²) in [6.07, 6.45) is -0.575. The molecule has 0 atom stereocenters. The molecular formula is C11H13ClN2O2. The van der Waals surface area contributed by atoms with Gasteiger partial charge in [0.05, 0.1) is 12.3 Å². The van der Waals surface area contributed by atoms with Crippen molar-refractivity contribution in [3.8, 4) is 0 Å². The van der Waals surface area contributed by atoms with Crippen molar-refractivity contribution in [2.24, 2.45) is 5.10 Å². The number of hydrogen-bond donors (Lipinski definition) is 1. The summed E-state index contributed by atoms with van der Waals surface area (Å²) in [4.78, 5) is 11.0. The maximum Gasteiger partial charge on any atom is 0.427 e. The molecule has 0 aliphatic carbocycles. The molecule has 0 aliphatic heterocycles. The smallest absolute Gasteiger partial charge is 0.427 e. The highest BCUT2D eigenvalue weighted by molar-refractivity contribution is 6.34. The molecular weight excluding hydrogens is 228 g/mol. The number of nitrogens with zero attached hydrogens (tertiary/aromatic N) is 1. The van der Waals surface area contributed by atoms with Gasteiger partial charge in [-0.05, 0) is 19.9 Å². The Morgan fingerprint density at radius 2 is 2.19 bits per heavy atom. The van der Waals surface area contributed by atoms with E-state index in [0.717, 1.165) is 5.56 Å². The van der Waals surface area contributed by atoms with Crippen LogP contribution in [0.1, 0.15) is 19.4 Å². The lowest BCUT2D eigenvalue weighted by molar-refractivity contribution is 0.152. The Kier molecular flexibility index (Phi) is 4.79. The molecule has 0 heterocycles. The quantitative estimate of drug-likeness (QED) is 0.652. The molecule has 1 aromatic rings. The number of nitrogens with one attached hydrogen (secondary N) is 1. The van der Waals surface area contributed by atoms with Crippen LogP contribution in [0, 0.1) is 0 Å². The SMILES string of the molecule is CCOC(=O)N/N=C(/C)c1ccccc1Cl. The molecule has 16 heavy (non-hydrogen) atoms. The first-order chi connectivity index (χ1) is 7.65. The summed E-state index contributed by atoms with van der Waals surface area (Å²) < 4.78 is 4.67. The zero-order chi connectivity index (χ0) is 12.0. The first-order valence-corrected chi connectivity index (χ1v) is 5.25. The zero-order valence-corrected chi connectivity index (χ0v) is 9.91. The van der Waals surface area contributed by atoms with Crippen LogP contribution in [0.15, 0.2) is 29.4 Å². The second-order valence-electron chi connectivity index (χ2n) is 3.01. The van der Waals surface area contributed by atoms with Gasteiger partial charge in [0, 0.05) is 10.6 Å². The summed E-state index contributed by atoms with van der Waals surface area (Å²) in [7, 11) is 0. The highest BCUT2D eigenvalue weighted by Crippen LogP contribution is 2.15. The fourth-order valence-electron chi connectivity index (χ4n) is 1.11. The van der Waals surface area contributed by atoms with Gasteiger partial charge in [-0.15, -0.1) is 0 Å². The molecule has 1 amide bonds.